The Bertz CT molecular complexity index is 322. The number of carbonyl (C=O) groups excluding carboxylic acids is 1. The Morgan fingerprint density at radius 2 is 1.74 bits per heavy atom. The molecule has 2 fully saturated rings. The lowest BCUT2D eigenvalue weighted by atomic mass is 10.1. The third-order valence-electron chi connectivity index (χ3n) is 3.52. The molecule has 2 heterocycles. The number of nitrogens with zero attached hydrogens (tertiary/aromatic N) is 2. The van der Waals surface area contributed by atoms with Gasteiger partial charge in [0, 0.05) is 26.2 Å². The van der Waals surface area contributed by atoms with Gasteiger partial charge in [-0.3, -0.25) is 4.79 Å². The molecule has 1 N–H and O–H groups in total. The quantitative estimate of drug-likeness (QED) is 0.782. The minimum atomic E-state index is -0.886. The number of morpholine rings is 1. The van der Waals surface area contributed by atoms with Gasteiger partial charge in [0.25, 0.3) is 0 Å². The van der Waals surface area contributed by atoms with E-state index in [1.807, 2.05) is 0 Å². The van der Waals surface area contributed by atoms with Gasteiger partial charge in [-0.1, -0.05) is 0 Å². The van der Waals surface area contributed by atoms with Crippen molar-refractivity contribution in [1.82, 2.24) is 9.80 Å². The molecule has 0 unspecified atom stereocenters. The van der Waals surface area contributed by atoms with Crippen LogP contribution in [0.3, 0.4) is 0 Å². The minimum Gasteiger partial charge on any atom is -0.465 e. The molecular formula is C12H20N2O5. The first-order valence-corrected chi connectivity index (χ1v) is 6.62. The molecule has 0 aromatic rings. The highest BCUT2D eigenvalue weighted by atomic mass is 16.5. The van der Waals surface area contributed by atoms with E-state index in [9.17, 15) is 9.59 Å². The number of ether oxygens (including phenoxy) is 2. The Labute approximate surface area is 112 Å². The Balaban J connectivity index is 1.66. The SMILES string of the molecule is O=C(O)N1CCC(OCC(=O)N2CCOCC2)CC1. The fraction of sp³-hybridized carbons (Fsp3) is 0.833. The summed E-state index contributed by atoms with van der Waals surface area (Å²) in [4.78, 5) is 25.7. The maximum absolute atomic E-state index is 11.9. The van der Waals surface area contributed by atoms with E-state index < -0.39 is 6.09 Å². The van der Waals surface area contributed by atoms with E-state index in [1.54, 1.807) is 4.90 Å². The standard InChI is InChI=1S/C12H20N2O5/c15-11(13-5-7-18-8-6-13)9-19-10-1-3-14(4-2-10)12(16)17/h10H,1-9H2,(H,16,17). The summed E-state index contributed by atoms with van der Waals surface area (Å²) in [6, 6.07) is 0. The molecule has 2 aliphatic heterocycles. The van der Waals surface area contributed by atoms with Crippen molar-refractivity contribution in [1.29, 1.82) is 0 Å². The second-order valence-electron chi connectivity index (χ2n) is 4.77. The van der Waals surface area contributed by atoms with Crippen molar-refractivity contribution >= 4 is 12.0 Å². The average molecular weight is 272 g/mol. The normalized spacial score (nSPS) is 21.5. The summed E-state index contributed by atoms with van der Waals surface area (Å²) >= 11 is 0. The van der Waals surface area contributed by atoms with Gasteiger partial charge in [-0.25, -0.2) is 4.79 Å². The van der Waals surface area contributed by atoms with Gasteiger partial charge >= 0.3 is 6.09 Å². The van der Waals surface area contributed by atoms with E-state index in [-0.39, 0.29) is 18.6 Å². The van der Waals surface area contributed by atoms with Gasteiger partial charge in [0.1, 0.15) is 6.61 Å². The van der Waals surface area contributed by atoms with Gasteiger partial charge < -0.3 is 24.4 Å². The summed E-state index contributed by atoms with van der Waals surface area (Å²) in [6.07, 6.45) is 0.411. The average Bonchev–Trinajstić information content (AvgIpc) is 2.46. The minimum absolute atomic E-state index is 0.0102. The molecule has 0 radical (unpaired) electrons. The second-order valence-corrected chi connectivity index (χ2v) is 4.77. The van der Waals surface area contributed by atoms with E-state index >= 15 is 0 Å². The van der Waals surface area contributed by atoms with Crippen molar-refractivity contribution in [3.05, 3.63) is 0 Å². The van der Waals surface area contributed by atoms with Crippen LogP contribution in [0.5, 0.6) is 0 Å². The first-order chi connectivity index (χ1) is 9.16. The molecule has 7 heteroatoms. The topological polar surface area (TPSA) is 79.3 Å². The monoisotopic (exact) mass is 272 g/mol. The summed E-state index contributed by atoms with van der Waals surface area (Å²) in [5.41, 5.74) is 0. The molecule has 19 heavy (non-hydrogen) atoms. The predicted octanol–water partition coefficient (Wildman–Crippen LogP) is 0.00420. The zero-order chi connectivity index (χ0) is 13.7. The number of likely N-dealkylation sites (tertiary alicyclic amines) is 1. The number of carbonyl (C=O) groups is 2. The van der Waals surface area contributed by atoms with Crippen LogP contribution in [0.1, 0.15) is 12.8 Å². The number of carboxylic acid groups (broad SMARTS) is 1. The molecule has 2 rings (SSSR count). The summed E-state index contributed by atoms with van der Waals surface area (Å²) in [5, 5.41) is 8.83. The van der Waals surface area contributed by atoms with Crippen LogP contribution in [0.2, 0.25) is 0 Å². The van der Waals surface area contributed by atoms with Crippen molar-refractivity contribution in [3.8, 4) is 0 Å². The first-order valence-electron chi connectivity index (χ1n) is 6.62. The van der Waals surface area contributed by atoms with Gasteiger partial charge in [0.15, 0.2) is 0 Å². The van der Waals surface area contributed by atoms with Crippen molar-refractivity contribution in [2.24, 2.45) is 0 Å². The number of amides is 2. The van der Waals surface area contributed by atoms with E-state index in [2.05, 4.69) is 0 Å². The van der Waals surface area contributed by atoms with Gasteiger partial charge in [-0.05, 0) is 12.8 Å². The van der Waals surface area contributed by atoms with Crippen LogP contribution < -0.4 is 0 Å². The second kappa shape index (κ2) is 6.72. The third kappa shape index (κ3) is 4.07. The van der Waals surface area contributed by atoms with Crippen LogP contribution >= 0.6 is 0 Å². The van der Waals surface area contributed by atoms with Crippen molar-refractivity contribution < 1.29 is 24.2 Å². The van der Waals surface area contributed by atoms with Crippen LogP contribution in [0.25, 0.3) is 0 Å². The molecule has 108 valence electrons. The van der Waals surface area contributed by atoms with E-state index in [0.717, 1.165) is 0 Å². The van der Waals surface area contributed by atoms with Gasteiger partial charge in [0.2, 0.25) is 5.91 Å². The zero-order valence-corrected chi connectivity index (χ0v) is 10.9. The van der Waals surface area contributed by atoms with Crippen LogP contribution in [-0.4, -0.2) is 79.0 Å². The third-order valence-corrected chi connectivity index (χ3v) is 3.52. The van der Waals surface area contributed by atoms with Crippen LogP contribution in [0.4, 0.5) is 4.79 Å². The number of hydrogen-bond donors (Lipinski definition) is 1. The molecule has 0 bridgehead atoms. The Kier molecular flexibility index (Phi) is 4.98. The lowest BCUT2D eigenvalue weighted by Crippen LogP contribution is -2.44. The van der Waals surface area contributed by atoms with E-state index in [1.165, 1.54) is 4.90 Å². The van der Waals surface area contributed by atoms with Crippen LogP contribution in [0.15, 0.2) is 0 Å². The summed E-state index contributed by atoms with van der Waals surface area (Å²) in [6.45, 7) is 3.46. The molecule has 2 aliphatic rings. The Morgan fingerprint density at radius 3 is 2.32 bits per heavy atom. The molecule has 2 saturated heterocycles. The molecule has 0 saturated carbocycles. The van der Waals surface area contributed by atoms with Crippen molar-refractivity contribution in [3.63, 3.8) is 0 Å². The molecular weight excluding hydrogens is 252 g/mol. The summed E-state index contributed by atoms with van der Waals surface area (Å²) in [7, 11) is 0. The molecule has 0 aliphatic carbocycles. The highest BCUT2D eigenvalue weighted by Gasteiger charge is 2.24. The fourth-order valence-electron chi connectivity index (χ4n) is 2.31. The fourth-order valence-corrected chi connectivity index (χ4v) is 2.31. The molecule has 0 spiro atoms. The smallest absolute Gasteiger partial charge is 0.407 e. The molecule has 0 aromatic heterocycles. The maximum Gasteiger partial charge on any atom is 0.407 e. The first kappa shape index (κ1) is 14.1. The maximum atomic E-state index is 11.9. The van der Waals surface area contributed by atoms with Gasteiger partial charge in [-0.15, -0.1) is 0 Å². The lowest BCUT2D eigenvalue weighted by Gasteiger charge is -2.31. The highest BCUT2D eigenvalue weighted by Crippen LogP contribution is 2.14. The number of rotatable bonds is 3. The van der Waals surface area contributed by atoms with E-state index in [0.29, 0.717) is 52.2 Å². The Morgan fingerprint density at radius 1 is 1.11 bits per heavy atom. The highest BCUT2D eigenvalue weighted by molar-refractivity contribution is 5.77. The summed E-state index contributed by atoms with van der Waals surface area (Å²) < 4.78 is 10.8. The van der Waals surface area contributed by atoms with Crippen LogP contribution in [0, 0.1) is 0 Å². The largest absolute Gasteiger partial charge is 0.465 e. The van der Waals surface area contributed by atoms with Crippen molar-refractivity contribution in [2.45, 2.75) is 18.9 Å². The van der Waals surface area contributed by atoms with Crippen molar-refractivity contribution in [2.75, 3.05) is 46.0 Å². The van der Waals surface area contributed by atoms with Gasteiger partial charge in [-0.2, -0.15) is 0 Å². The molecule has 7 nitrogen and oxygen atoms in total. The number of piperidine rings is 1. The van der Waals surface area contributed by atoms with Gasteiger partial charge in [0.05, 0.1) is 19.3 Å². The molecule has 0 aromatic carbocycles. The lowest BCUT2D eigenvalue weighted by molar-refractivity contribution is -0.143. The van der Waals surface area contributed by atoms with E-state index in [4.69, 9.17) is 14.6 Å². The number of hydrogen-bond acceptors (Lipinski definition) is 4. The van der Waals surface area contributed by atoms with Crippen LogP contribution in [-0.2, 0) is 14.3 Å². The Hall–Kier alpha value is -1.34. The molecule has 0 atom stereocenters. The molecule has 2 amide bonds. The summed E-state index contributed by atoms with van der Waals surface area (Å²) in [5.74, 6) is -0.0102. The zero-order valence-electron chi connectivity index (χ0n) is 10.9. The predicted molar refractivity (Wildman–Crippen MR) is 66.0 cm³/mol.